The molecule has 1 amide bonds. The van der Waals surface area contributed by atoms with Gasteiger partial charge in [-0.2, -0.15) is 0 Å². The van der Waals surface area contributed by atoms with Crippen LogP contribution in [0.4, 0.5) is 0 Å². The van der Waals surface area contributed by atoms with Crippen molar-refractivity contribution in [1.82, 2.24) is 10.2 Å². The fourth-order valence-corrected chi connectivity index (χ4v) is 2.64. The van der Waals surface area contributed by atoms with E-state index in [-0.39, 0.29) is 11.9 Å². The molecule has 0 unspecified atom stereocenters. The lowest BCUT2D eigenvalue weighted by Crippen LogP contribution is -2.47. The van der Waals surface area contributed by atoms with E-state index in [0.29, 0.717) is 17.2 Å². The highest BCUT2D eigenvalue weighted by Gasteiger charge is 2.24. The molecule has 0 aliphatic carbocycles. The van der Waals surface area contributed by atoms with Crippen LogP contribution in [0.3, 0.4) is 0 Å². The number of nitrogens with one attached hydrogen (secondary N) is 1. The van der Waals surface area contributed by atoms with Gasteiger partial charge in [0.15, 0.2) is 6.10 Å². The molecule has 1 aromatic rings. The maximum atomic E-state index is 12.3. The first-order chi connectivity index (χ1) is 10.1. The molecule has 0 saturated carbocycles. The van der Waals surface area contributed by atoms with Gasteiger partial charge in [-0.25, -0.2) is 0 Å². The Kier molecular flexibility index (Phi) is 5.88. The van der Waals surface area contributed by atoms with E-state index in [9.17, 15) is 4.79 Å². The van der Waals surface area contributed by atoms with E-state index in [4.69, 9.17) is 16.3 Å². The molecule has 0 aromatic heterocycles. The molecular formula is C16H23ClN2O2. The second-order valence-electron chi connectivity index (χ2n) is 5.53. The van der Waals surface area contributed by atoms with Gasteiger partial charge >= 0.3 is 0 Å². The highest BCUT2D eigenvalue weighted by atomic mass is 35.5. The molecule has 1 atom stereocenters. The monoisotopic (exact) mass is 310 g/mol. The number of piperidine rings is 1. The second kappa shape index (κ2) is 7.66. The third kappa shape index (κ3) is 4.61. The van der Waals surface area contributed by atoms with Crippen LogP contribution in [0, 0.1) is 0 Å². The summed E-state index contributed by atoms with van der Waals surface area (Å²) >= 11 is 6.08. The largest absolute Gasteiger partial charge is 0.479 e. The number of nitrogens with zero attached hydrogens (tertiary/aromatic N) is 1. The van der Waals surface area contributed by atoms with Gasteiger partial charge in [0.25, 0.3) is 5.91 Å². The number of hydrogen-bond acceptors (Lipinski definition) is 3. The van der Waals surface area contributed by atoms with Crippen molar-refractivity contribution >= 4 is 17.5 Å². The SMILES string of the molecule is CC[C@@H](Oc1ccccc1Cl)C(=O)NC1CCN(C)CC1. The van der Waals surface area contributed by atoms with Crippen molar-refractivity contribution in [2.75, 3.05) is 20.1 Å². The first kappa shape index (κ1) is 16.1. The maximum absolute atomic E-state index is 12.3. The number of carbonyl (C=O) groups excluding carboxylic acids is 1. The summed E-state index contributed by atoms with van der Waals surface area (Å²) in [4.78, 5) is 14.6. The van der Waals surface area contributed by atoms with Crippen molar-refractivity contribution in [2.45, 2.75) is 38.3 Å². The van der Waals surface area contributed by atoms with Gasteiger partial charge in [-0.1, -0.05) is 30.7 Å². The van der Waals surface area contributed by atoms with Crippen LogP contribution in [0.15, 0.2) is 24.3 Å². The summed E-state index contributed by atoms with van der Waals surface area (Å²) in [5.41, 5.74) is 0. The van der Waals surface area contributed by atoms with Crippen molar-refractivity contribution in [3.8, 4) is 5.75 Å². The van der Waals surface area contributed by atoms with Gasteiger partial charge in [0.2, 0.25) is 0 Å². The number of para-hydroxylation sites is 1. The number of ether oxygens (including phenoxy) is 1. The summed E-state index contributed by atoms with van der Waals surface area (Å²) in [5.74, 6) is 0.511. The Balaban J connectivity index is 1.91. The summed E-state index contributed by atoms with van der Waals surface area (Å²) in [7, 11) is 2.10. The minimum atomic E-state index is -0.496. The Bertz CT molecular complexity index is 473. The lowest BCUT2D eigenvalue weighted by Gasteiger charge is -2.30. The Morgan fingerprint density at radius 3 is 2.71 bits per heavy atom. The lowest BCUT2D eigenvalue weighted by atomic mass is 10.1. The van der Waals surface area contributed by atoms with Crippen LogP contribution in [0.25, 0.3) is 0 Å². The predicted octanol–water partition coefficient (Wildman–Crippen LogP) is 2.71. The minimum Gasteiger partial charge on any atom is -0.479 e. The van der Waals surface area contributed by atoms with E-state index < -0.39 is 6.10 Å². The predicted molar refractivity (Wildman–Crippen MR) is 84.8 cm³/mol. The summed E-state index contributed by atoms with van der Waals surface area (Å²) in [6.07, 6.45) is 2.10. The molecule has 0 radical (unpaired) electrons. The molecule has 0 bridgehead atoms. The Morgan fingerprint density at radius 1 is 1.43 bits per heavy atom. The molecule has 1 saturated heterocycles. The molecule has 5 heteroatoms. The van der Waals surface area contributed by atoms with Crippen LogP contribution in [-0.2, 0) is 4.79 Å². The molecule has 116 valence electrons. The van der Waals surface area contributed by atoms with Crippen molar-refractivity contribution in [1.29, 1.82) is 0 Å². The number of carbonyl (C=O) groups is 1. The second-order valence-corrected chi connectivity index (χ2v) is 5.94. The zero-order chi connectivity index (χ0) is 15.2. The highest BCUT2D eigenvalue weighted by Crippen LogP contribution is 2.25. The molecule has 1 fully saturated rings. The third-order valence-electron chi connectivity index (χ3n) is 3.83. The Hall–Kier alpha value is -1.26. The number of rotatable bonds is 5. The summed E-state index contributed by atoms with van der Waals surface area (Å²) in [5, 5.41) is 3.63. The normalized spacial score (nSPS) is 18.2. The molecule has 21 heavy (non-hydrogen) atoms. The Labute approximate surface area is 131 Å². The van der Waals surface area contributed by atoms with Gasteiger partial charge in [0.05, 0.1) is 5.02 Å². The van der Waals surface area contributed by atoms with Crippen LogP contribution in [0.1, 0.15) is 26.2 Å². The zero-order valence-electron chi connectivity index (χ0n) is 12.6. The molecule has 1 aliphatic rings. The first-order valence-electron chi connectivity index (χ1n) is 7.50. The lowest BCUT2D eigenvalue weighted by molar-refractivity contribution is -0.129. The smallest absolute Gasteiger partial charge is 0.261 e. The van der Waals surface area contributed by atoms with E-state index in [0.717, 1.165) is 25.9 Å². The van der Waals surface area contributed by atoms with Crippen molar-refractivity contribution in [3.05, 3.63) is 29.3 Å². The molecule has 1 aromatic carbocycles. The van der Waals surface area contributed by atoms with Crippen LogP contribution < -0.4 is 10.1 Å². The average molecular weight is 311 g/mol. The van der Waals surface area contributed by atoms with Crippen molar-refractivity contribution in [3.63, 3.8) is 0 Å². The van der Waals surface area contributed by atoms with Crippen molar-refractivity contribution < 1.29 is 9.53 Å². The topological polar surface area (TPSA) is 41.6 Å². The fraction of sp³-hybridized carbons (Fsp3) is 0.562. The van der Waals surface area contributed by atoms with Gasteiger partial charge in [0, 0.05) is 6.04 Å². The molecular weight excluding hydrogens is 288 g/mol. The number of halogens is 1. The van der Waals surface area contributed by atoms with Crippen molar-refractivity contribution in [2.24, 2.45) is 0 Å². The van der Waals surface area contributed by atoms with Gasteiger partial charge in [-0.05, 0) is 51.5 Å². The van der Waals surface area contributed by atoms with Gasteiger partial charge in [-0.3, -0.25) is 4.79 Å². The number of likely N-dealkylation sites (tertiary alicyclic amines) is 1. The molecule has 4 nitrogen and oxygen atoms in total. The third-order valence-corrected chi connectivity index (χ3v) is 4.15. The molecule has 0 spiro atoms. The fourth-order valence-electron chi connectivity index (χ4n) is 2.46. The Morgan fingerprint density at radius 2 is 2.10 bits per heavy atom. The van der Waals surface area contributed by atoms with Crippen LogP contribution in [0.5, 0.6) is 5.75 Å². The van der Waals surface area contributed by atoms with Gasteiger partial charge in [0.1, 0.15) is 5.75 Å². The van der Waals surface area contributed by atoms with Crippen LogP contribution in [-0.4, -0.2) is 43.1 Å². The molecule has 2 rings (SSSR count). The zero-order valence-corrected chi connectivity index (χ0v) is 13.4. The quantitative estimate of drug-likeness (QED) is 0.909. The van der Waals surface area contributed by atoms with Gasteiger partial charge < -0.3 is 15.0 Å². The minimum absolute atomic E-state index is 0.0491. The van der Waals surface area contributed by atoms with E-state index >= 15 is 0 Å². The highest BCUT2D eigenvalue weighted by molar-refractivity contribution is 6.32. The average Bonchev–Trinajstić information content (AvgIpc) is 2.48. The molecule has 1 N–H and O–H groups in total. The van der Waals surface area contributed by atoms with Crippen LogP contribution >= 0.6 is 11.6 Å². The standard InChI is InChI=1S/C16H23ClN2O2/c1-3-14(21-15-7-5-4-6-13(15)17)16(20)18-12-8-10-19(2)11-9-12/h4-7,12,14H,3,8-11H2,1-2H3,(H,18,20)/t14-/m1/s1. The van der Waals surface area contributed by atoms with E-state index in [1.165, 1.54) is 0 Å². The molecule has 1 heterocycles. The summed E-state index contributed by atoms with van der Waals surface area (Å²) < 4.78 is 5.76. The van der Waals surface area contributed by atoms with Gasteiger partial charge in [-0.15, -0.1) is 0 Å². The number of amides is 1. The van der Waals surface area contributed by atoms with E-state index in [1.54, 1.807) is 12.1 Å². The molecule has 1 aliphatic heterocycles. The number of benzene rings is 1. The maximum Gasteiger partial charge on any atom is 0.261 e. The van der Waals surface area contributed by atoms with E-state index in [1.807, 2.05) is 19.1 Å². The first-order valence-corrected chi connectivity index (χ1v) is 7.88. The summed E-state index contributed by atoms with van der Waals surface area (Å²) in [6.45, 7) is 3.98. The van der Waals surface area contributed by atoms with Crippen LogP contribution in [0.2, 0.25) is 5.02 Å². The van der Waals surface area contributed by atoms with E-state index in [2.05, 4.69) is 17.3 Å². The number of hydrogen-bond donors (Lipinski definition) is 1. The summed E-state index contributed by atoms with van der Waals surface area (Å²) in [6, 6.07) is 7.49.